The molecule has 40 heavy (non-hydrogen) atoms. The van der Waals surface area contributed by atoms with Gasteiger partial charge in [0.1, 0.15) is 6.04 Å². The minimum Gasteiger partial charge on any atom is -0.493 e. The second kappa shape index (κ2) is 13.7. The molecule has 0 saturated carbocycles. The number of aryl methyl sites for hydroxylation is 1. The minimum absolute atomic E-state index is 0.0143. The molecule has 0 bridgehead atoms. The molecular weight excluding hydrogens is 508 g/mol. The molecule has 2 heterocycles. The lowest BCUT2D eigenvalue weighted by Crippen LogP contribution is -2.54. The lowest BCUT2D eigenvalue weighted by atomic mass is 9.80. The number of rotatable bonds is 11. The normalized spacial score (nSPS) is 20.9. The quantitative estimate of drug-likeness (QED) is 0.397. The highest BCUT2D eigenvalue weighted by atomic mass is 16.5. The zero-order valence-electron chi connectivity index (χ0n) is 23.9. The summed E-state index contributed by atoms with van der Waals surface area (Å²) in [5.41, 5.74) is 1.73. The monoisotopic (exact) mass is 550 g/mol. The largest absolute Gasteiger partial charge is 0.493 e. The van der Waals surface area contributed by atoms with Crippen molar-refractivity contribution in [2.24, 2.45) is 17.8 Å². The van der Waals surface area contributed by atoms with Gasteiger partial charge in [-0.15, -0.1) is 0 Å². The van der Waals surface area contributed by atoms with Crippen LogP contribution in [-0.4, -0.2) is 75.1 Å². The van der Waals surface area contributed by atoms with Crippen molar-refractivity contribution >= 4 is 17.7 Å². The van der Waals surface area contributed by atoms with Crippen molar-refractivity contribution in [3.05, 3.63) is 59.7 Å². The molecule has 0 aromatic heterocycles. The van der Waals surface area contributed by atoms with E-state index in [4.69, 9.17) is 9.47 Å². The Labute approximate surface area is 237 Å². The summed E-state index contributed by atoms with van der Waals surface area (Å²) in [4.78, 5) is 41.4. The molecule has 3 amide bonds. The van der Waals surface area contributed by atoms with Crippen molar-refractivity contribution in [1.29, 1.82) is 0 Å². The number of benzene rings is 2. The highest BCUT2D eigenvalue weighted by Gasteiger charge is 2.45. The van der Waals surface area contributed by atoms with E-state index < -0.39 is 6.04 Å². The van der Waals surface area contributed by atoms with E-state index in [-0.39, 0.29) is 41.6 Å². The van der Waals surface area contributed by atoms with E-state index in [0.717, 1.165) is 19.4 Å². The number of likely N-dealkylation sites (N-methyl/N-ethyl adjacent to an activating group) is 1. The van der Waals surface area contributed by atoms with Gasteiger partial charge in [0.25, 0.3) is 5.91 Å². The van der Waals surface area contributed by atoms with Crippen LogP contribution in [0.25, 0.3) is 0 Å². The number of hydrogen-bond acceptors (Lipinski definition) is 6. The zero-order chi connectivity index (χ0) is 28.6. The number of likely N-dealkylation sites (tertiary alicyclic amines) is 1. The van der Waals surface area contributed by atoms with E-state index in [1.807, 2.05) is 36.9 Å². The van der Waals surface area contributed by atoms with E-state index in [0.29, 0.717) is 43.1 Å². The van der Waals surface area contributed by atoms with E-state index in [1.165, 1.54) is 5.56 Å². The van der Waals surface area contributed by atoms with Crippen LogP contribution in [0.15, 0.2) is 48.5 Å². The molecule has 0 radical (unpaired) electrons. The smallest absolute Gasteiger partial charge is 0.254 e. The summed E-state index contributed by atoms with van der Waals surface area (Å²) in [6.45, 7) is 6.21. The van der Waals surface area contributed by atoms with Gasteiger partial charge in [0.15, 0.2) is 11.5 Å². The van der Waals surface area contributed by atoms with Crippen LogP contribution < -0.4 is 25.4 Å². The summed E-state index contributed by atoms with van der Waals surface area (Å²) in [5, 5.41) is 9.09. The van der Waals surface area contributed by atoms with Gasteiger partial charge in [-0.2, -0.15) is 0 Å². The van der Waals surface area contributed by atoms with Gasteiger partial charge in [0, 0.05) is 38.8 Å². The third-order valence-electron chi connectivity index (χ3n) is 7.86. The molecule has 0 spiro atoms. The molecule has 9 nitrogen and oxygen atoms in total. The average molecular weight is 551 g/mol. The van der Waals surface area contributed by atoms with Crippen molar-refractivity contribution in [1.82, 2.24) is 20.9 Å². The third-order valence-corrected chi connectivity index (χ3v) is 7.86. The number of carbonyl (C=O) groups is 3. The number of piperidine rings is 1. The molecule has 2 saturated heterocycles. The standard InChI is InChI=1S/C31H42N4O5/c1-20(2)40-27-14-13-22(15-28(27)39-4)31(38)35-18-23-16-33-17-24(25(23)19-35)29(36)34-26(30(37)32-3)12-8-11-21-9-6-5-7-10-21/h5-7,9-10,13-15,20,23-26,33H,8,11-12,16-19H2,1-4H3,(H,32,37)(H,34,36)/t23?,24?,25?,26-/m0/s1. The molecule has 0 aliphatic carbocycles. The summed E-state index contributed by atoms with van der Waals surface area (Å²) in [6, 6.07) is 14.8. The van der Waals surface area contributed by atoms with Crippen LogP contribution in [0, 0.1) is 17.8 Å². The molecule has 4 atom stereocenters. The van der Waals surface area contributed by atoms with Crippen LogP contribution in [0.4, 0.5) is 0 Å². The summed E-state index contributed by atoms with van der Waals surface area (Å²) in [6.07, 6.45) is 2.16. The number of fused-ring (bicyclic) bond motifs is 1. The maximum Gasteiger partial charge on any atom is 0.254 e. The lowest BCUT2D eigenvalue weighted by molar-refractivity contribution is -0.132. The van der Waals surface area contributed by atoms with Gasteiger partial charge >= 0.3 is 0 Å². The highest BCUT2D eigenvalue weighted by molar-refractivity contribution is 5.95. The predicted molar refractivity (Wildman–Crippen MR) is 153 cm³/mol. The van der Waals surface area contributed by atoms with Gasteiger partial charge in [-0.3, -0.25) is 14.4 Å². The molecular formula is C31H42N4O5. The molecule has 2 aliphatic rings. The Morgan fingerprint density at radius 2 is 1.82 bits per heavy atom. The van der Waals surface area contributed by atoms with Gasteiger partial charge in [-0.1, -0.05) is 30.3 Å². The number of hydrogen-bond donors (Lipinski definition) is 3. The summed E-state index contributed by atoms with van der Waals surface area (Å²) < 4.78 is 11.3. The van der Waals surface area contributed by atoms with Crippen LogP contribution in [-0.2, 0) is 16.0 Å². The number of nitrogens with one attached hydrogen (secondary N) is 3. The first-order valence-electron chi connectivity index (χ1n) is 14.2. The zero-order valence-corrected chi connectivity index (χ0v) is 23.9. The van der Waals surface area contributed by atoms with Gasteiger partial charge in [0.05, 0.1) is 19.1 Å². The Morgan fingerprint density at radius 1 is 1.05 bits per heavy atom. The van der Waals surface area contributed by atoms with Crippen molar-refractivity contribution in [2.45, 2.75) is 45.3 Å². The van der Waals surface area contributed by atoms with Gasteiger partial charge in [-0.05, 0) is 68.7 Å². The van der Waals surface area contributed by atoms with Crippen molar-refractivity contribution < 1.29 is 23.9 Å². The number of methoxy groups -OCH3 is 1. The van der Waals surface area contributed by atoms with Crippen LogP contribution in [0.3, 0.4) is 0 Å². The van der Waals surface area contributed by atoms with Crippen LogP contribution in [0.2, 0.25) is 0 Å². The van der Waals surface area contributed by atoms with Crippen LogP contribution in [0.1, 0.15) is 42.6 Å². The van der Waals surface area contributed by atoms with E-state index in [2.05, 4.69) is 28.1 Å². The molecule has 3 unspecified atom stereocenters. The molecule has 216 valence electrons. The average Bonchev–Trinajstić information content (AvgIpc) is 3.41. The highest BCUT2D eigenvalue weighted by Crippen LogP contribution is 2.35. The summed E-state index contributed by atoms with van der Waals surface area (Å²) in [5.74, 6) is 0.551. The number of carbonyl (C=O) groups excluding carboxylic acids is 3. The first kappa shape index (κ1) is 29.4. The molecule has 2 aromatic carbocycles. The Kier molecular flexibility index (Phi) is 10.0. The second-order valence-corrected chi connectivity index (χ2v) is 11.0. The number of nitrogens with zero attached hydrogens (tertiary/aromatic N) is 1. The Morgan fingerprint density at radius 3 is 2.52 bits per heavy atom. The lowest BCUT2D eigenvalue weighted by Gasteiger charge is -2.33. The molecule has 2 fully saturated rings. The maximum absolute atomic E-state index is 13.5. The van der Waals surface area contributed by atoms with Crippen molar-refractivity contribution in [2.75, 3.05) is 40.3 Å². The SMILES string of the molecule is CNC(=O)[C@H](CCCc1ccccc1)NC(=O)C1CNCC2CN(C(=O)c3ccc(OC(C)C)c(OC)c3)CC21. The van der Waals surface area contributed by atoms with Crippen LogP contribution >= 0.6 is 0 Å². The minimum atomic E-state index is -0.597. The number of amides is 3. The van der Waals surface area contributed by atoms with E-state index in [9.17, 15) is 14.4 Å². The first-order valence-corrected chi connectivity index (χ1v) is 14.2. The van der Waals surface area contributed by atoms with Gasteiger partial charge in [0.2, 0.25) is 11.8 Å². The second-order valence-electron chi connectivity index (χ2n) is 11.0. The van der Waals surface area contributed by atoms with E-state index in [1.54, 1.807) is 32.4 Å². The fraction of sp³-hybridized carbons (Fsp3) is 0.516. The molecule has 2 aliphatic heterocycles. The Bertz CT molecular complexity index is 1170. The van der Waals surface area contributed by atoms with E-state index >= 15 is 0 Å². The van der Waals surface area contributed by atoms with Gasteiger partial charge in [-0.25, -0.2) is 0 Å². The maximum atomic E-state index is 13.5. The third kappa shape index (κ3) is 7.13. The first-order chi connectivity index (χ1) is 19.3. The summed E-state index contributed by atoms with van der Waals surface area (Å²) >= 11 is 0. The molecule has 9 heteroatoms. The van der Waals surface area contributed by atoms with Gasteiger partial charge < -0.3 is 30.3 Å². The predicted octanol–water partition coefficient (Wildman–Crippen LogP) is 2.64. The summed E-state index contributed by atoms with van der Waals surface area (Å²) in [7, 11) is 3.15. The number of ether oxygens (including phenoxy) is 2. The van der Waals surface area contributed by atoms with Crippen molar-refractivity contribution in [3.8, 4) is 11.5 Å². The molecule has 2 aromatic rings. The Hall–Kier alpha value is -3.59. The fourth-order valence-corrected chi connectivity index (χ4v) is 5.81. The molecule has 4 rings (SSSR count). The Balaban J connectivity index is 1.39. The van der Waals surface area contributed by atoms with Crippen LogP contribution in [0.5, 0.6) is 11.5 Å². The van der Waals surface area contributed by atoms with Crippen molar-refractivity contribution in [3.63, 3.8) is 0 Å². The molecule has 3 N–H and O–H groups in total. The topological polar surface area (TPSA) is 109 Å². The fourth-order valence-electron chi connectivity index (χ4n) is 5.81.